The predicted octanol–water partition coefficient (Wildman–Crippen LogP) is 28.5. The molecule has 22 aromatic rings. The Labute approximate surface area is 690 Å². The van der Waals surface area contributed by atoms with Crippen LogP contribution in [0.4, 0.5) is 0 Å². The SMILES string of the molecule is Cc1ccc2c(sc3c2ccc2c3c3ccccc3n2-c2ccccc2)c1-c1cc(-c2cc3c(sc4c3ccc3c4c4ccccc4n3-c3ccccc3)c(-c3ccccc3[C@H](C)c3cccc(-c4nc(-c5ccccc5)nc(-c5ccccc5)n4)c3)c2C)ccc1CCc1ccc(-c2nc(-c3ccccc3)nc(-c3ccccc3)n2)cc1. The van der Waals surface area contributed by atoms with E-state index >= 15 is 0 Å². The van der Waals surface area contributed by atoms with Crippen LogP contribution in [-0.4, -0.2) is 39.0 Å². The van der Waals surface area contributed by atoms with Crippen LogP contribution < -0.4 is 0 Å². The van der Waals surface area contributed by atoms with Gasteiger partial charge >= 0.3 is 0 Å². The monoisotopic (exact) mass is 1550 g/mol. The third-order valence-corrected chi connectivity index (χ3v) is 26.3. The number of hydrogen-bond donors (Lipinski definition) is 0. The van der Waals surface area contributed by atoms with Gasteiger partial charge in [-0.3, -0.25) is 0 Å². The fourth-order valence-electron chi connectivity index (χ4n) is 18.0. The second-order valence-electron chi connectivity index (χ2n) is 30.8. The Morgan fingerprint density at radius 1 is 0.280 bits per heavy atom. The van der Waals surface area contributed by atoms with E-state index in [-0.39, 0.29) is 5.92 Å². The summed E-state index contributed by atoms with van der Waals surface area (Å²) in [4.78, 5) is 30.7. The quantitative estimate of drug-likeness (QED) is 0.0958. The van der Waals surface area contributed by atoms with E-state index in [2.05, 4.69) is 321 Å². The van der Waals surface area contributed by atoms with E-state index < -0.39 is 0 Å². The van der Waals surface area contributed by atoms with Crippen molar-refractivity contribution in [2.24, 2.45) is 0 Å². The van der Waals surface area contributed by atoms with E-state index in [9.17, 15) is 0 Å². The van der Waals surface area contributed by atoms with Crippen molar-refractivity contribution in [3.8, 4) is 113 Å². The number of para-hydroxylation sites is 4. The number of aromatic nitrogens is 8. The van der Waals surface area contributed by atoms with Crippen molar-refractivity contribution in [3.63, 3.8) is 0 Å². The zero-order valence-electron chi connectivity index (χ0n) is 65.0. The van der Waals surface area contributed by atoms with Gasteiger partial charge in [0.15, 0.2) is 34.9 Å². The molecule has 0 saturated heterocycles. The molecule has 0 fully saturated rings. The van der Waals surface area contributed by atoms with E-state index in [0.717, 1.165) is 68.7 Å². The van der Waals surface area contributed by atoms with Crippen molar-refractivity contribution < 1.29 is 0 Å². The van der Waals surface area contributed by atoms with Gasteiger partial charge in [-0.25, -0.2) is 29.9 Å². The number of thiophene rings is 2. The molecule has 558 valence electrons. The molecule has 0 N–H and O–H groups in total. The Hall–Kier alpha value is -14.4. The van der Waals surface area contributed by atoms with E-state index in [1.54, 1.807) is 0 Å². The van der Waals surface area contributed by atoms with Crippen LogP contribution in [-0.2, 0) is 12.8 Å². The topological polar surface area (TPSA) is 87.2 Å². The minimum absolute atomic E-state index is 0.0600. The Morgan fingerprint density at radius 3 is 1.22 bits per heavy atom. The van der Waals surface area contributed by atoms with Gasteiger partial charge in [0.1, 0.15) is 0 Å². The Morgan fingerprint density at radius 2 is 0.695 bits per heavy atom. The first kappa shape index (κ1) is 70.2. The molecule has 0 amide bonds. The summed E-state index contributed by atoms with van der Waals surface area (Å²) in [5.41, 5.74) is 27.3. The summed E-state index contributed by atoms with van der Waals surface area (Å²) in [5.74, 6) is 3.75. The molecule has 0 spiro atoms. The predicted molar refractivity (Wildman–Crippen MR) is 494 cm³/mol. The van der Waals surface area contributed by atoms with Crippen LogP contribution >= 0.6 is 22.7 Å². The van der Waals surface area contributed by atoms with Crippen molar-refractivity contribution in [1.29, 1.82) is 0 Å². The van der Waals surface area contributed by atoms with E-state index in [0.29, 0.717) is 34.9 Å². The second-order valence-corrected chi connectivity index (χ2v) is 32.8. The van der Waals surface area contributed by atoms with Gasteiger partial charge in [0.25, 0.3) is 0 Å². The average molecular weight is 1550 g/mol. The minimum atomic E-state index is -0.0600. The number of aryl methyl sites for hydroxylation is 3. The fraction of sp³-hybridized carbons (Fsp3) is 0.0556. The summed E-state index contributed by atoms with van der Waals surface area (Å²) >= 11 is 3.88. The zero-order chi connectivity index (χ0) is 78.5. The molecule has 0 aliphatic carbocycles. The van der Waals surface area contributed by atoms with E-state index in [4.69, 9.17) is 29.9 Å². The third kappa shape index (κ3) is 12.1. The molecule has 0 aliphatic heterocycles. The van der Waals surface area contributed by atoms with Crippen LogP contribution in [0.3, 0.4) is 0 Å². The first-order chi connectivity index (χ1) is 58.3. The summed E-state index contributed by atoms with van der Waals surface area (Å²) in [6.45, 7) is 7.07. The maximum Gasteiger partial charge on any atom is 0.164 e. The van der Waals surface area contributed by atoms with Crippen molar-refractivity contribution in [3.05, 3.63) is 397 Å². The maximum absolute atomic E-state index is 5.22. The zero-order valence-corrected chi connectivity index (χ0v) is 66.7. The van der Waals surface area contributed by atoms with Crippen molar-refractivity contribution in [1.82, 2.24) is 39.0 Å². The Bertz CT molecular complexity index is 7570. The maximum atomic E-state index is 5.22. The van der Waals surface area contributed by atoms with Crippen LogP contribution in [0.15, 0.2) is 364 Å². The third-order valence-electron chi connectivity index (χ3n) is 23.8. The lowest BCUT2D eigenvalue weighted by Gasteiger charge is -2.22. The van der Waals surface area contributed by atoms with E-state index in [1.165, 1.54) is 140 Å². The van der Waals surface area contributed by atoms with Gasteiger partial charge in [-0.05, 0) is 149 Å². The van der Waals surface area contributed by atoms with Gasteiger partial charge in [0, 0.05) is 124 Å². The second kappa shape index (κ2) is 29.1. The van der Waals surface area contributed by atoms with Crippen molar-refractivity contribution in [2.75, 3.05) is 0 Å². The summed E-state index contributed by atoms with van der Waals surface area (Å²) < 4.78 is 10.0. The molecule has 0 saturated carbocycles. The first-order valence-corrected chi connectivity index (χ1v) is 42.0. The number of rotatable bonds is 16. The molecule has 1 atom stereocenters. The molecule has 0 bridgehead atoms. The molecule has 22 rings (SSSR count). The van der Waals surface area contributed by atoms with E-state index in [1.807, 2.05) is 95.5 Å². The highest BCUT2D eigenvalue weighted by Crippen LogP contribution is 2.53. The number of fused-ring (bicyclic) bond motifs is 14. The standard InChI is InChI=1S/C108H74N8S2/c1-66-49-58-83-84-59-61-93-97(86-45-24-26-47-91(86)115(93)79-39-18-8-19-40-79)100(84)117-99(83)95(66)89-64-77(57-56-70(89)53-50-69-51-54-75(55-52-69)107-111-103(71-29-10-4-11-30-71)109-104(112-107)72-31-12-5-13-32-72)88-65-90-85-60-62-94-98(87-46-25-27-48-92(87)116(94)80-41-20-9-21-42-80)101(85)118-102(90)96(68(88)3)82-44-23-22-43-81(82)67(2)76-37-28-38-78(63-76)108-113-105(73-33-14-6-15-34-73)110-106(114-108)74-35-16-7-17-36-74/h4-49,51-52,54-65,67H,50,53H2,1-3H3/t67-/m1/s1. The van der Waals surface area contributed by atoms with Crippen LogP contribution in [0, 0.1) is 13.8 Å². The lowest BCUT2D eigenvalue weighted by molar-refractivity contribution is 0.924. The molecule has 118 heavy (non-hydrogen) atoms. The molecule has 6 aromatic heterocycles. The fourth-order valence-corrected chi connectivity index (χ4v) is 21.0. The Balaban J connectivity index is 0.735. The molecule has 0 unspecified atom stereocenters. The largest absolute Gasteiger partial charge is 0.309 e. The summed E-state index contributed by atoms with van der Waals surface area (Å²) in [6.07, 6.45) is 1.59. The smallest absolute Gasteiger partial charge is 0.164 e. The summed E-state index contributed by atoms with van der Waals surface area (Å²) in [7, 11) is 0. The molecular weight excluding hydrogens is 1470 g/mol. The number of benzene rings is 16. The summed E-state index contributed by atoms with van der Waals surface area (Å²) in [6, 6.07) is 132. The number of nitrogens with zero attached hydrogens (tertiary/aromatic N) is 8. The molecule has 16 aromatic carbocycles. The lowest BCUT2D eigenvalue weighted by Crippen LogP contribution is -2.03. The van der Waals surface area contributed by atoms with Gasteiger partial charge in [0.2, 0.25) is 0 Å². The summed E-state index contributed by atoms with van der Waals surface area (Å²) in [5, 5.41) is 10.0. The van der Waals surface area contributed by atoms with Crippen LogP contribution in [0.25, 0.3) is 197 Å². The van der Waals surface area contributed by atoms with Crippen molar-refractivity contribution >= 4 is 107 Å². The lowest BCUT2D eigenvalue weighted by atomic mass is 9.82. The van der Waals surface area contributed by atoms with Crippen molar-refractivity contribution in [2.45, 2.75) is 39.5 Å². The molecule has 0 radical (unpaired) electrons. The minimum Gasteiger partial charge on any atom is -0.309 e. The highest BCUT2D eigenvalue weighted by molar-refractivity contribution is 7.28. The Kier molecular flexibility index (Phi) is 17.3. The first-order valence-electron chi connectivity index (χ1n) is 40.3. The molecule has 0 aliphatic rings. The number of hydrogen-bond acceptors (Lipinski definition) is 8. The van der Waals surface area contributed by atoms with Crippen LogP contribution in [0.2, 0.25) is 0 Å². The van der Waals surface area contributed by atoms with Gasteiger partial charge in [-0.15, -0.1) is 22.7 Å². The normalized spacial score (nSPS) is 12.1. The average Bonchev–Trinajstić information content (AvgIpc) is 1.56. The van der Waals surface area contributed by atoms with Crippen LogP contribution in [0.5, 0.6) is 0 Å². The van der Waals surface area contributed by atoms with Gasteiger partial charge in [-0.2, -0.15) is 0 Å². The van der Waals surface area contributed by atoms with Crippen LogP contribution in [0.1, 0.15) is 46.2 Å². The van der Waals surface area contributed by atoms with Gasteiger partial charge < -0.3 is 9.13 Å². The van der Waals surface area contributed by atoms with Gasteiger partial charge in [-0.1, -0.05) is 304 Å². The highest BCUT2D eigenvalue weighted by Gasteiger charge is 2.28. The highest BCUT2D eigenvalue weighted by atomic mass is 32.1. The molecule has 8 nitrogen and oxygen atoms in total. The van der Waals surface area contributed by atoms with Gasteiger partial charge in [0.05, 0.1) is 22.1 Å². The molecular formula is C108H74N8S2. The molecule has 10 heteroatoms. The molecule has 6 heterocycles.